The number of carboxylic acid groups (broad SMARTS) is 1. The number of carbonyl (C=O) groups excluding carboxylic acids is 2. The first-order chi connectivity index (χ1) is 12.7. The van der Waals surface area contributed by atoms with Crippen molar-refractivity contribution in [1.29, 1.82) is 0 Å². The molecule has 0 saturated carbocycles. The Morgan fingerprint density at radius 3 is 2.14 bits per heavy atom. The average Bonchev–Trinajstić information content (AvgIpc) is 2.93. The van der Waals surface area contributed by atoms with Crippen molar-refractivity contribution >= 4 is 17.9 Å². The summed E-state index contributed by atoms with van der Waals surface area (Å²) in [5.41, 5.74) is -0.500. The van der Waals surface area contributed by atoms with Gasteiger partial charge in [0.15, 0.2) is 0 Å². The highest BCUT2D eigenvalue weighted by Crippen LogP contribution is 2.13. The van der Waals surface area contributed by atoms with Gasteiger partial charge in [-0.15, -0.1) is 0 Å². The fraction of sp³-hybridized carbons (Fsp3) is 0.588. The van der Waals surface area contributed by atoms with Crippen LogP contribution in [0.4, 0.5) is 13.2 Å². The van der Waals surface area contributed by atoms with Crippen molar-refractivity contribution < 1.29 is 46.6 Å². The van der Waals surface area contributed by atoms with Gasteiger partial charge in [0.2, 0.25) is 5.76 Å². The molecule has 8 nitrogen and oxygen atoms in total. The van der Waals surface area contributed by atoms with Crippen LogP contribution in [0.25, 0.3) is 0 Å². The molecule has 0 aliphatic rings. The van der Waals surface area contributed by atoms with Gasteiger partial charge in [0, 0.05) is 0 Å². The normalized spacial score (nSPS) is 11.5. The van der Waals surface area contributed by atoms with Gasteiger partial charge >= 0.3 is 24.1 Å². The Labute approximate surface area is 160 Å². The molecule has 1 rings (SSSR count). The molecule has 0 atom stereocenters. The van der Waals surface area contributed by atoms with E-state index in [0.717, 1.165) is 0 Å². The Kier molecular flexibility index (Phi) is 9.71. The third-order valence-corrected chi connectivity index (χ3v) is 2.63. The molecule has 0 bridgehead atoms. The monoisotopic (exact) mass is 411 g/mol. The second kappa shape index (κ2) is 10.7. The largest absolute Gasteiger partial charge is 0.490 e. The molecule has 11 heteroatoms. The third kappa shape index (κ3) is 11.2. The number of rotatable bonds is 6. The van der Waals surface area contributed by atoms with Gasteiger partial charge in [-0.1, -0.05) is 0 Å². The molecule has 0 aliphatic carbocycles. The fourth-order valence-electron chi connectivity index (χ4n) is 1.69. The Morgan fingerprint density at radius 1 is 1.18 bits per heavy atom. The number of nitrogens with zero attached hydrogens (tertiary/aromatic N) is 1. The number of esters is 2. The number of alkyl halides is 3. The number of ether oxygens (including phenoxy) is 2. The van der Waals surface area contributed by atoms with Gasteiger partial charge in [0.1, 0.15) is 11.4 Å². The van der Waals surface area contributed by atoms with Crippen LogP contribution in [0, 0.1) is 0 Å². The highest BCUT2D eigenvalue weighted by molar-refractivity contribution is 5.86. The molecule has 0 unspecified atom stereocenters. The second-order valence-electron chi connectivity index (χ2n) is 6.55. The van der Waals surface area contributed by atoms with Crippen molar-refractivity contribution in [1.82, 2.24) is 4.90 Å². The minimum atomic E-state index is -5.08. The predicted molar refractivity (Wildman–Crippen MR) is 90.5 cm³/mol. The summed E-state index contributed by atoms with van der Waals surface area (Å²) in [5.74, 6) is -2.80. The van der Waals surface area contributed by atoms with Crippen molar-refractivity contribution in [3.05, 3.63) is 23.7 Å². The molecular weight excluding hydrogens is 387 g/mol. The maximum Gasteiger partial charge on any atom is 0.490 e. The summed E-state index contributed by atoms with van der Waals surface area (Å²) in [6.45, 7) is 8.05. The van der Waals surface area contributed by atoms with E-state index < -0.39 is 23.7 Å². The van der Waals surface area contributed by atoms with E-state index in [1.807, 2.05) is 20.8 Å². The van der Waals surface area contributed by atoms with Crippen LogP contribution in [0.1, 0.15) is 44.0 Å². The molecule has 0 aliphatic heterocycles. The molecule has 0 saturated heterocycles. The maximum atomic E-state index is 11.7. The number of hydrogen-bond donors (Lipinski definition) is 1. The highest BCUT2D eigenvalue weighted by Gasteiger charge is 2.38. The lowest BCUT2D eigenvalue weighted by Gasteiger charge is -2.22. The number of hydrogen-bond acceptors (Lipinski definition) is 7. The van der Waals surface area contributed by atoms with Gasteiger partial charge in [0.25, 0.3) is 0 Å². The Bertz CT molecular complexity index is 662. The van der Waals surface area contributed by atoms with E-state index in [-0.39, 0.29) is 18.3 Å². The smallest absolute Gasteiger partial charge is 0.475 e. The zero-order chi connectivity index (χ0) is 22.1. The molecule has 0 aromatic carbocycles. The molecule has 1 aromatic rings. The summed E-state index contributed by atoms with van der Waals surface area (Å²) >= 11 is 0. The molecule has 1 heterocycles. The van der Waals surface area contributed by atoms with Crippen LogP contribution < -0.4 is 0 Å². The second-order valence-corrected chi connectivity index (χ2v) is 6.55. The molecule has 0 fully saturated rings. The molecule has 0 spiro atoms. The predicted octanol–water partition coefficient (Wildman–Crippen LogP) is 2.86. The zero-order valence-corrected chi connectivity index (χ0v) is 16.3. The molecule has 0 radical (unpaired) electrons. The standard InChI is InChI=1S/C15H23NO5.C2HF3O2/c1-6-19-14(18)12-8-7-11(20-12)9-16(5)10-13(17)21-15(2,3)4;3-2(4,5)1(6)7/h7-8H,6,9-10H2,1-5H3;(H,6,7). The van der Waals surface area contributed by atoms with Gasteiger partial charge in [-0.3, -0.25) is 9.69 Å². The number of likely N-dealkylation sites (N-methyl/N-ethyl adjacent to an activating group) is 1. The summed E-state index contributed by atoms with van der Waals surface area (Å²) in [7, 11) is 1.77. The Morgan fingerprint density at radius 2 is 1.71 bits per heavy atom. The zero-order valence-electron chi connectivity index (χ0n) is 16.3. The van der Waals surface area contributed by atoms with Crippen LogP contribution in [-0.2, 0) is 25.6 Å². The topological polar surface area (TPSA) is 106 Å². The van der Waals surface area contributed by atoms with E-state index >= 15 is 0 Å². The van der Waals surface area contributed by atoms with Crippen molar-refractivity contribution in [2.45, 2.75) is 46.0 Å². The van der Waals surface area contributed by atoms with Crippen molar-refractivity contribution in [3.63, 3.8) is 0 Å². The van der Waals surface area contributed by atoms with Gasteiger partial charge in [-0.25, -0.2) is 9.59 Å². The molecule has 28 heavy (non-hydrogen) atoms. The lowest BCUT2D eigenvalue weighted by molar-refractivity contribution is -0.192. The van der Waals surface area contributed by atoms with E-state index in [9.17, 15) is 22.8 Å². The quantitative estimate of drug-likeness (QED) is 0.713. The number of furan rings is 1. The number of carboxylic acids is 1. The fourth-order valence-corrected chi connectivity index (χ4v) is 1.69. The van der Waals surface area contributed by atoms with E-state index in [1.54, 1.807) is 31.0 Å². The Balaban J connectivity index is 0.000000887. The van der Waals surface area contributed by atoms with Crippen LogP contribution in [0.3, 0.4) is 0 Å². The first kappa shape index (κ1) is 25.4. The minimum Gasteiger partial charge on any atom is -0.475 e. The summed E-state index contributed by atoms with van der Waals surface area (Å²) < 4.78 is 47.2. The van der Waals surface area contributed by atoms with Crippen molar-refractivity contribution in [2.24, 2.45) is 0 Å². The summed E-state index contributed by atoms with van der Waals surface area (Å²) in [4.78, 5) is 33.8. The van der Waals surface area contributed by atoms with Crippen molar-refractivity contribution in [3.8, 4) is 0 Å². The molecular formula is C17H24F3NO7. The van der Waals surface area contributed by atoms with Gasteiger partial charge in [0.05, 0.1) is 19.7 Å². The van der Waals surface area contributed by atoms with E-state index in [2.05, 4.69) is 0 Å². The minimum absolute atomic E-state index is 0.146. The molecule has 0 amide bonds. The lowest BCUT2D eigenvalue weighted by atomic mass is 10.2. The first-order valence-corrected chi connectivity index (χ1v) is 8.12. The van der Waals surface area contributed by atoms with Crippen LogP contribution in [0.5, 0.6) is 0 Å². The van der Waals surface area contributed by atoms with Gasteiger partial charge < -0.3 is 19.0 Å². The summed E-state index contributed by atoms with van der Waals surface area (Å²) in [6.07, 6.45) is -5.08. The van der Waals surface area contributed by atoms with E-state index in [1.165, 1.54) is 0 Å². The molecule has 1 aromatic heterocycles. The number of halogens is 3. The third-order valence-electron chi connectivity index (χ3n) is 2.63. The number of aliphatic carboxylic acids is 1. The molecule has 160 valence electrons. The van der Waals surface area contributed by atoms with Gasteiger partial charge in [-0.05, 0) is 46.9 Å². The SMILES string of the molecule is CCOC(=O)c1ccc(CN(C)CC(=O)OC(C)(C)C)o1.O=C(O)C(F)(F)F. The average molecular weight is 411 g/mol. The van der Waals surface area contributed by atoms with E-state index in [0.29, 0.717) is 18.9 Å². The van der Waals surface area contributed by atoms with Crippen LogP contribution in [-0.4, -0.2) is 59.9 Å². The van der Waals surface area contributed by atoms with Gasteiger partial charge in [-0.2, -0.15) is 13.2 Å². The van der Waals surface area contributed by atoms with Crippen molar-refractivity contribution in [2.75, 3.05) is 20.2 Å². The van der Waals surface area contributed by atoms with Crippen LogP contribution in [0.15, 0.2) is 16.5 Å². The Hall–Kier alpha value is -2.56. The van der Waals surface area contributed by atoms with Crippen LogP contribution in [0.2, 0.25) is 0 Å². The van der Waals surface area contributed by atoms with Crippen LogP contribution >= 0.6 is 0 Å². The summed E-state index contributed by atoms with van der Waals surface area (Å²) in [6, 6.07) is 3.26. The maximum absolute atomic E-state index is 11.7. The first-order valence-electron chi connectivity index (χ1n) is 8.12. The summed E-state index contributed by atoms with van der Waals surface area (Å²) in [5, 5.41) is 7.12. The lowest BCUT2D eigenvalue weighted by Crippen LogP contribution is -2.32. The number of carbonyl (C=O) groups is 3. The highest BCUT2D eigenvalue weighted by atomic mass is 19.4. The molecule has 1 N–H and O–H groups in total. The van der Waals surface area contributed by atoms with E-state index in [4.69, 9.17) is 23.8 Å².